The molecule has 13 heavy (non-hydrogen) atoms. The maximum absolute atomic E-state index is 5.60. The maximum atomic E-state index is 5.60. The molecule has 2 atom stereocenters. The van der Waals surface area contributed by atoms with Gasteiger partial charge >= 0.3 is 0 Å². The third-order valence-electron chi connectivity index (χ3n) is 2.64. The summed E-state index contributed by atoms with van der Waals surface area (Å²) in [6, 6.07) is 0.658. The molecule has 1 heterocycles. The first-order chi connectivity index (χ1) is 6.36. The molecule has 0 spiro atoms. The van der Waals surface area contributed by atoms with E-state index in [0.29, 0.717) is 12.1 Å². The first-order valence-electron chi connectivity index (χ1n) is 5.41. The van der Waals surface area contributed by atoms with Gasteiger partial charge in [-0.25, -0.2) is 0 Å². The molecule has 1 aliphatic rings. The van der Waals surface area contributed by atoms with Crippen LogP contribution in [0.15, 0.2) is 0 Å². The normalized spacial score (nSPS) is 29.1. The third kappa shape index (κ3) is 4.07. The second kappa shape index (κ2) is 6.35. The summed E-state index contributed by atoms with van der Waals surface area (Å²) >= 11 is 0. The van der Waals surface area contributed by atoms with E-state index >= 15 is 0 Å². The molecule has 1 fully saturated rings. The maximum Gasteiger partial charge on any atom is 0.0587 e. The van der Waals surface area contributed by atoms with Crippen LogP contribution >= 0.6 is 0 Å². The van der Waals surface area contributed by atoms with Gasteiger partial charge in [0, 0.05) is 12.6 Å². The van der Waals surface area contributed by atoms with E-state index in [1.165, 1.54) is 6.42 Å². The van der Waals surface area contributed by atoms with Gasteiger partial charge in [-0.15, -0.1) is 0 Å². The van der Waals surface area contributed by atoms with E-state index in [2.05, 4.69) is 12.2 Å². The van der Waals surface area contributed by atoms with E-state index in [1.807, 2.05) is 0 Å². The van der Waals surface area contributed by atoms with E-state index < -0.39 is 0 Å². The smallest absolute Gasteiger partial charge is 0.0587 e. The molecule has 1 aliphatic heterocycles. The molecule has 0 aromatic carbocycles. The summed E-state index contributed by atoms with van der Waals surface area (Å²) in [6.07, 6.45) is 5.01. The molecule has 0 bridgehead atoms. The first-order valence-corrected chi connectivity index (χ1v) is 5.41. The van der Waals surface area contributed by atoms with Gasteiger partial charge in [-0.3, -0.25) is 0 Å². The molecule has 3 N–H and O–H groups in total. The van der Waals surface area contributed by atoms with Crippen LogP contribution in [0, 0.1) is 0 Å². The van der Waals surface area contributed by atoms with Crippen LogP contribution in [-0.2, 0) is 4.74 Å². The average Bonchev–Trinajstić information content (AvgIpc) is 2.19. The largest absolute Gasteiger partial charge is 0.378 e. The van der Waals surface area contributed by atoms with Crippen molar-refractivity contribution < 1.29 is 4.74 Å². The highest BCUT2D eigenvalue weighted by molar-refractivity contribution is 4.75. The summed E-state index contributed by atoms with van der Waals surface area (Å²) in [5.74, 6) is 0. The summed E-state index contributed by atoms with van der Waals surface area (Å²) in [6.45, 7) is 4.94. The minimum absolute atomic E-state index is 0.476. The fraction of sp³-hybridized carbons (Fsp3) is 1.00. The highest BCUT2D eigenvalue weighted by Gasteiger charge is 2.20. The first kappa shape index (κ1) is 11.0. The molecule has 1 rings (SSSR count). The van der Waals surface area contributed by atoms with Crippen LogP contribution in [0.3, 0.4) is 0 Å². The highest BCUT2D eigenvalue weighted by Crippen LogP contribution is 2.15. The van der Waals surface area contributed by atoms with E-state index in [4.69, 9.17) is 10.5 Å². The van der Waals surface area contributed by atoms with Gasteiger partial charge in [0.2, 0.25) is 0 Å². The molecule has 3 heteroatoms. The summed E-state index contributed by atoms with van der Waals surface area (Å²) < 4.78 is 5.60. The highest BCUT2D eigenvalue weighted by atomic mass is 16.5. The number of nitrogens with one attached hydrogen (secondary N) is 1. The summed E-state index contributed by atoms with van der Waals surface area (Å²) in [4.78, 5) is 0. The Kier molecular flexibility index (Phi) is 5.35. The molecule has 0 amide bonds. The topological polar surface area (TPSA) is 47.3 Å². The van der Waals surface area contributed by atoms with Gasteiger partial charge in [0.15, 0.2) is 0 Å². The van der Waals surface area contributed by atoms with Crippen LogP contribution in [0.5, 0.6) is 0 Å². The van der Waals surface area contributed by atoms with Crippen LogP contribution in [-0.4, -0.2) is 31.8 Å². The summed E-state index contributed by atoms with van der Waals surface area (Å²) in [7, 11) is 0. The quantitative estimate of drug-likeness (QED) is 0.627. The Morgan fingerprint density at radius 2 is 2.38 bits per heavy atom. The molecule has 0 aromatic rings. The van der Waals surface area contributed by atoms with Crippen molar-refractivity contribution in [3.63, 3.8) is 0 Å². The predicted octanol–water partition coefficient (Wildman–Crippen LogP) is 0.882. The molecule has 2 unspecified atom stereocenters. The Balaban J connectivity index is 2.11. The zero-order valence-corrected chi connectivity index (χ0v) is 8.59. The summed E-state index contributed by atoms with van der Waals surface area (Å²) in [5.41, 5.74) is 5.43. The fourth-order valence-corrected chi connectivity index (χ4v) is 1.76. The van der Waals surface area contributed by atoms with Crippen molar-refractivity contribution in [1.82, 2.24) is 5.32 Å². The second-order valence-electron chi connectivity index (χ2n) is 3.72. The van der Waals surface area contributed by atoms with Crippen molar-refractivity contribution in [3.8, 4) is 0 Å². The van der Waals surface area contributed by atoms with Gasteiger partial charge in [-0.05, 0) is 38.8 Å². The van der Waals surface area contributed by atoms with Gasteiger partial charge in [-0.1, -0.05) is 6.92 Å². The van der Waals surface area contributed by atoms with E-state index in [-0.39, 0.29) is 0 Å². The molecular weight excluding hydrogens is 164 g/mol. The van der Waals surface area contributed by atoms with Crippen molar-refractivity contribution in [2.45, 2.75) is 44.8 Å². The van der Waals surface area contributed by atoms with Crippen LogP contribution in [0.4, 0.5) is 0 Å². The number of hydrogen-bond acceptors (Lipinski definition) is 3. The average molecular weight is 186 g/mol. The standard InChI is InChI=1S/C10H22N2O/c1-2-10-8-9(4-7-13-10)12-6-3-5-11/h9-10,12H,2-8,11H2,1H3. The Morgan fingerprint density at radius 3 is 3.08 bits per heavy atom. The van der Waals surface area contributed by atoms with Crippen molar-refractivity contribution in [2.24, 2.45) is 5.73 Å². The lowest BCUT2D eigenvalue weighted by Crippen LogP contribution is -2.39. The minimum Gasteiger partial charge on any atom is -0.378 e. The van der Waals surface area contributed by atoms with Crippen LogP contribution in [0.2, 0.25) is 0 Å². The molecular formula is C10H22N2O. The Hall–Kier alpha value is -0.120. The third-order valence-corrected chi connectivity index (χ3v) is 2.64. The van der Waals surface area contributed by atoms with E-state index in [1.54, 1.807) is 0 Å². The van der Waals surface area contributed by atoms with Crippen LogP contribution in [0.1, 0.15) is 32.6 Å². The monoisotopic (exact) mass is 186 g/mol. The van der Waals surface area contributed by atoms with Gasteiger partial charge in [0.1, 0.15) is 0 Å². The lowest BCUT2D eigenvalue weighted by Gasteiger charge is -2.29. The Morgan fingerprint density at radius 1 is 1.54 bits per heavy atom. The van der Waals surface area contributed by atoms with Crippen LogP contribution < -0.4 is 11.1 Å². The molecule has 78 valence electrons. The zero-order chi connectivity index (χ0) is 9.52. The number of hydrogen-bond donors (Lipinski definition) is 2. The predicted molar refractivity (Wildman–Crippen MR) is 54.7 cm³/mol. The van der Waals surface area contributed by atoms with Gasteiger partial charge < -0.3 is 15.8 Å². The van der Waals surface area contributed by atoms with E-state index in [9.17, 15) is 0 Å². The molecule has 0 radical (unpaired) electrons. The van der Waals surface area contributed by atoms with Crippen molar-refractivity contribution >= 4 is 0 Å². The summed E-state index contributed by atoms with van der Waals surface area (Å²) in [5, 5.41) is 3.53. The van der Waals surface area contributed by atoms with E-state index in [0.717, 1.165) is 39.0 Å². The molecule has 1 saturated heterocycles. The zero-order valence-electron chi connectivity index (χ0n) is 8.59. The second-order valence-corrected chi connectivity index (χ2v) is 3.72. The lowest BCUT2D eigenvalue weighted by molar-refractivity contribution is 0.0000511. The molecule has 0 aromatic heterocycles. The van der Waals surface area contributed by atoms with Gasteiger partial charge in [0.25, 0.3) is 0 Å². The number of nitrogens with two attached hydrogens (primary N) is 1. The fourth-order valence-electron chi connectivity index (χ4n) is 1.76. The van der Waals surface area contributed by atoms with Gasteiger partial charge in [0.05, 0.1) is 6.10 Å². The van der Waals surface area contributed by atoms with Crippen molar-refractivity contribution in [2.75, 3.05) is 19.7 Å². The minimum atomic E-state index is 0.476. The molecule has 0 saturated carbocycles. The SMILES string of the molecule is CCC1CC(NCCCN)CCO1. The Labute approximate surface area is 81.0 Å². The molecule has 3 nitrogen and oxygen atoms in total. The molecule has 0 aliphatic carbocycles. The van der Waals surface area contributed by atoms with Crippen molar-refractivity contribution in [1.29, 1.82) is 0 Å². The number of rotatable bonds is 5. The number of ether oxygens (including phenoxy) is 1. The van der Waals surface area contributed by atoms with Crippen LogP contribution in [0.25, 0.3) is 0 Å². The van der Waals surface area contributed by atoms with Gasteiger partial charge in [-0.2, -0.15) is 0 Å². The Bertz CT molecular complexity index is 130. The van der Waals surface area contributed by atoms with Crippen molar-refractivity contribution in [3.05, 3.63) is 0 Å². The lowest BCUT2D eigenvalue weighted by atomic mass is 10.0.